The first-order chi connectivity index (χ1) is 20.7. The number of hydrogen-bond donors (Lipinski definition) is 2. The summed E-state index contributed by atoms with van der Waals surface area (Å²) >= 11 is 0. The van der Waals surface area contributed by atoms with E-state index in [-0.39, 0.29) is 67.0 Å². The lowest BCUT2D eigenvalue weighted by molar-refractivity contribution is -0.140. The van der Waals surface area contributed by atoms with Gasteiger partial charge in [-0.05, 0) is 67.2 Å². The minimum absolute atomic E-state index is 0. The first-order valence-corrected chi connectivity index (χ1v) is 21.8. The highest BCUT2D eigenvalue weighted by Crippen LogP contribution is 2.48. The van der Waals surface area contributed by atoms with Gasteiger partial charge in [-0.25, -0.2) is 4.79 Å². The molecule has 47 heavy (non-hydrogen) atoms. The van der Waals surface area contributed by atoms with E-state index in [0.29, 0.717) is 24.2 Å². The zero-order valence-corrected chi connectivity index (χ0v) is 31.4. The smallest absolute Gasteiger partial charge is 0.337 e. The highest BCUT2D eigenvalue weighted by Gasteiger charge is 2.49. The lowest BCUT2D eigenvalue weighted by Crippen LogP contribution is -2.49. The van der Waals surface area contributed by atoms with E-state index in [1.165, 1.54) is 25.9 Å². The molecule has 0 amide bonds. The molecule has 0 saturated heterocycles. The van der Waals surface area contributed by atoms with Crippen LogP contribution in [0.3, 0.4) is 0 Å². The molecule has 2 heterocycles. The van der Waals surface area contributed by atoms with E-state index in [2.05, 4.69) is 73.8 Å². The van der Waals surface area contributed by atoms with Crippen LogP contribution in [0.5, 0.6) is 0 Å². The van der Waals surface area contributed by atoms with E-state index in [1.54, 1.807) is 6.26 Å². The van der Waals surface area contributed by atoms with Crippen molar-refractivity contribution in [1.29, 1.82) is 0 Å². The van der Waals surface area contributed by atoms with Crippen LogP contribution in [0.1, 0.15) is 76.2 Å². The van der Waals surface area contributed by atoms with Crippen LogP contribution in [-0.4, -0.2) is 71.5 Å². The molecule has 0 spiro atoms. The maximum atomic E-state index is 12.4. The van der Waals surface area contributed by atoms with Crippen LogP contribution in [0.4, 0.5) is 0 Å². The Kier molecular flexibility index (Phi) is 14.7. The van der Waals surface area contributed by atoms with Crippen molar-refractivity contribution in [2.75, 3.05) is 20.3 Å². The second-order valence-electron chi connectivity index (χ2n) is 15.6. The molecular weight excluding hydrogens is 633 g/mol. The monoisotopic (exact) mass is 696 g/mol. The highest BCUT2D eigenvalue weighted by molar-refractivity contribution is 6.74. The number of aliphatic hydroxyl groups is 2. The molecule has 2 N–H and O–H groups in total. The molecular formula is C36H64O9Si2. The Morgan fingerprint density at radius 1 is 0.851 bits per heavy atom. The number of carbonyl (C=O) groups is 2. The number of ketones is 1. The number of allylic oxidation sites excluding steroid dienone is 3. The Bertz CT molecular complexity index is 1230. The summed E-state index contributed by atoms with van der Waals surface area (Å²) in [7, 11) is -2.54. The van der Waals surface area contributed by atoms with E-state index in [0.717, 1.165) is 12.0 Å². The summed E-state index contributed by atoms with van der Waals surface area (Å²) in [6.45, 7) is 24.4. The molecule has 11 heteroatoms. The highest BCUT2D eigenvalue weighted by atomic mass is 28.4. The van der Waals surface area contributed by atoms with Gasteiger partial charge in [0.15, 0.2) is 28.7 Å². The number of methoxy groups -OCH3 is 1. The summed E-state index contributed by atoms with van der Waals surface area (Å²) < 4.78 is 29.3. The van der Waals surface area contributed by atoms with Crippen LogP contribution in [-0.2, 0) is 32.7 Å². The van der Waals surface area contributed by atoms with E-state index >= 15 is 0 Å². The maximum absolute atomic E-state index is 12.4. The van der Waals surface area contributed by atoms with Gasteiger partial charge in [-0.1, -0.05) is 68.5 Å². The Hall–Kier alpha value is -2.03. The molecule has 0 saturated carbocycles. The van der Waals surface area contributed by atoms with Crippen molar-refractivity contribution >= 4 is 28.4 Å². The third-order valence-corrected chi connectivity index (χ3v) is 19.6. The van der Waals surface area contributed by atoms with Gasteiger partial charge in [0.2, 0.25) is 6.29 Å². The van der Waals surface area contributed by atoms with Crippen LogP contribution in [0.2, 0.25) is 36.3 Å². The Balaban J connectivity index is 0.000000546. The van der Waals surface area contributed by atoms with Crippen molar-refractivity contribution in [2.24, 2.45) is 23.7 Å². The van der Waals surface area contributed by atoms with Gasteiger partial charge in [0.25, 0.3) is 0 Å². The molecule has 0 unspecified atom stereocenters. The van der Waals surface area contributed by atoms with Gasteiger partial charge in [0.05, 0.1) is 50.3 Å². The van der Waals surface area contributed by atoms with Crippen LogP contribution in [0, 0.1) is 23.7 Å². The summed E-state index contributed by atoms with van der Waals surface area (Å²) in [5, 5.41) is 19.0. The predicted molar refractivity (Wildman–Crippen MR) is 192 cm³/mol. The second-order valence-corrected chi connectivity index (χ2v) is 25.2. The van der Waals surface area contributed by atoms with Gasteiger partial charge in [-0.15, -0.1) is 0 Å². The van der Waals surface area contributed by atoms with E-state index < -0.39 is 29.2 Å². The number of carbonyl (C=O) groups excluding carboxylic acids is 2. The van der Waals surface area contributed by atoms with Crippen molar-refractivity contribution < 1.29 is 42.9 Å². The molecule has 6 atom stereocenters. The molecule has 0 bridgehead atoms. The van der Waals surface area contributed by atoms with Gasteiger partial charge >= 0.3 is 5.97 Å². The molecule has 2 aliphatic carbocycles. The quantitative estimate of drug-likeness (QED) is 0.150. The van der Waals surface area contributed by atoms with Gasteiger partial charge in [0, 0.05) is 17.4 Å². The first kappa shape index (κ1) is 43.0. The van der Waals surface area contributed by atoms with Crippen molar-refractivity contribution in [1.82, 2.24) is 0 Å². The van der Waals surface area contributed by atoms with Crippen LogP contribution < -0.4 is 0 Å². The first-order valence-electron chi connectivity index (χ1n) is 16.0. The average Bonchev–Trinajstić information content (AvgIpc) is 3.56. The van der Waals surface area contributed by atoms with Crippen molar-refractivity contribution in [2.45, 2.75) is 125 Å². The Morgan fingerprint density at radius 3 is 1.85 bits per heavy atom. The molecule has 0 aromatic carbocycles. The maximum Gasteiger partial charge on any atom is 0.337 e. The molecule has 4 rings (SSSR count). The Labute approximate surface area is 286 Å². The molecule has 0 radical (unpaired) electrons. The summed E-state index contributed by atoms with van der Waals surface area (Å²) in [5.41, 5.74) is 3.14. The number of aliphatic hydroxyl groups excluding tert-OH is 2. The molecule has 270 valence electrons. The van der Waals surface area contributed by atoms with E-state index in [1.807, 2.05) is 6.08 Å². The van der Waals surface area contributed by atoms with E-state index in [9.17, 15) is 14.7 Å². The largest absolute Gasteiger partial charge is 0.472 e. The minimum atomic E-state index is -2.06. The number of fused-ring (bicyclic) bond motifs is 2. The lowest BCUT2D eigenvalue weighted by atomic mass is 9.82. The van der Waals surface area contributed by atoms with Crippen molar-refractivity contribution in [3.05, 3.63) is 47.0 Å². The zero-order chi connectivity index (χ0) is 34.1. The summed E-state index contributed by atoms with van der Waals surface area (Å²) in [4.78, 5) is 23.7. The molecule has 2 aliphatic heterocycles. The Morgan fingerprint density at radius 2 is 1.36 bits per heavy atom. The fourth-order valence-electron chi connectivity index (χ4n) is 5.69. The second kappa shape index (κ2) is 16.1. The lowest BCUT2D eigenvalue weighted by Gasteiger charge is -2.44. The van der Waals surface area contributed by atoms with Gasteiger partial charge in [-0.3, -0.25) is 4.79 Å². The fraction of sp³-hybridized carbons (Fsp3) is 0.722. The van der Waals surface area contributed by atoms with Crippen molar-refractivity contribution in [3.63, 3.8) is 0 Å². The minimum Gasteiger partial charge on any atom is -0.472 e. The van der Waals surface area contributed by atoms with Crippen LogP contribution >= 0.6 is 0 Å². The number of Topliss-reactive ketones (excluding diaryl/α,β-unsaturated/α-hetero) is 1. The van der Waals surface area contributed by atoms with Crippen LogP contribution in [0.25, 0.3) is 0 Å². The zero-order valence-electron chi connectivity index (χ0n) is 29.4. The number of hydrogen-bond acceptors (Lipinski definition) is 9. The number of esters is 1. The average molecular weight is 697 g/mol. The SMILES string of the molecule is C.C.CC(=O)C1=CO[C@@H](O)[C@@H]2C(CO)=CC[C@H]12.COC(=O)C1=CO[C@@H](O[Si](C)(C)C(C)(C)C)[C@@H]2C(CO[Si](C)(C)C(C)(C)C)=CC[C@H]12. The summed E-state index contributed by atoms with van der Waals surface area (Å²) in [6.07, 6.45) is 7.13. The van der Waals surface area contributed by atoms with Gasteiger partial charge < -0.3 is 33.3 Å². The third kappa shape index (κ3) is 9.36. The van der Waals surface area contributed by atoms with Crippen molar-refractivity contribution in [3.8, 4) is 0 Å². The summed E-state index contributed by atoms with van der Waals surface area (Å²) in [6, 6.07) is 0. The van der Waals surface area contributed by atoms with E-state index in [4.69, 9.17) is 28.2 Å². The topological polar surface area (TPSA) is 121 Å². The molecule has 0 fully saturated rings. The normalized spacial score (nSPS) is 26.9. The standard InChI is InChI=1S/C23H42O5Si2.C11H14O4.2CH4/c1-22(2,3)29(8,9)27-14-16-12-13-17-18(20(24)25-7)15-26-21(19(16)17)28-30(10,11)23(4,5)6;1-6(13)9-5-15-11(14)10-7(4-12)2-3-8(9)10;;/h12,15,17,19,21H,13-14H2,1-11H3;2,5,8,10-12,14H,3-4H2,1H3;2*1H4/t17-,19-,21+;8-,10-,11-;;/m11../s1. The predicted octanol–water partition coefficient (Wildman–Crippen LogP) is 7.64. The van der Waals surface area contributed by atoms with Gasteiger partial charge in [-0.2, -0.15) is 0 Å². The molecule has 9 nitrogen and oxygen atoms in total. The van der Waals surface area contributed by atoms with Crippen LogP contribution in [0.15, 0.2) is 47.0 Å². The third-order valence-electron chi connectivity index (χ3n) is 10.7. The van der Waals surface area contributed by atoms with Gasteiger partial charge in [0.1, 0.15) is 0 Å². The molecule has 4 aliphatic rings. The summed E-state index contributed by atoms with van der Waals surface area (Å²) in [5.74, 6) is -0.672. The molecule has 0 aromatic heterocycles. The fourth-order valence-corrected chi connectivity index (χ4v) is 7.79. The number of ether oxygens (including phenoxy) is 3. The molecule has 0 aromatic rings. The number of rotatable bonds is 8.